The van der Waals surface area contributed by atoms with Gasteiger partial charge in [-0.1, -0.05) is 6.07 Å². The Hall–Kier alpha value is -1.32. The quantitative estimate of drug-likeness (QED) is 0.368. The summed E-state index contributed by atoms with van der Waals surface area (Å²) in [5.41, 5.74) is 9.17. The molecule has 0 unspecified atom stereocenters. The van der Waals surface area contributed by atoms with Gasteiger partial charge >= 0.3 is 6.18 Å². The van der Waals surface area contributed by atoms with Crippen molar-refractivity contribution in [2.45, 2.75) is 6.18 Å². The molecule has 0 heterocycles. The summed E-state index contributed by atoms with van der Waals surface area (Å²) in [5, 5.41) is 6.64. The van der Waals surface area contributed by atoms with E-state index >= 15 is 0 Å². The van der Waals surface area contributed by atoms with Crippen LogP contribution < -0.4 is 11.5 Å². The maximum absolute atomic E-state index is 12.7. The van der Waals surface area contributed by atoms with Gasteiger partial charge in [-0.2, -0.15) is 18.3 Å². The molecule has 1 aromatic carbocycles. The van der Waals surface area contributed by atoms with Gasteiger partial charge in [0.2, 0.25) is 5.96 Å². The normalized spacial score (nSPS) is 11.8. The smallest absolute Gasteiger partial charge is 0.369 e. The van der Waals surface area contributed by atoms with Gasteiger partial charge in [-0.05, 0) is 34.7 Å². The van der Waals surface area contributed by atoms with Crippen molar-refractivity contribution in [1.29, 1.82) is 0 Å². The minimum Gasteiger partial charge on any atom is -0.369 e. The summed E-state index contributed by atoms with van der Waals surface area (Å²) in [6.07, 6.45) is -3.47. The van der Waals surface area contributed by atoms with Crippen LogP contribution >= 0.6 is 22.6 Å². The molecule has 0 radical (unpaired) electrons. The Bertz CT molecular complexity index is 464. The maximum Gasteiger partial charge on any atom is 0.417 e. The zero-order valence-corrected chi connectivity index (χ0v) is 10.5. The van der Waals surface area contributed by atoms with Gasteiger partial charge in [0.05, 0.1) is 11.8 Å². The van der Waals surface area contributed by atoms with Crippen molar-refractivity contribution in [3.8, 4) is 0 Å². The number of benzene rings is 1. The van der Waals surface area contributed by atoms with E-state index in [0.717, 1.165) is 12.3 Å². The lowest BCUT2D eigenvalue weighted by Gasteiger charge is -2.10. The third-order valence-corrected chi connectivity index (χ3v) is 2.66. The molecule has 0 saturated heterocycles. The molecule has 0 aliphatic heterocycles. The highest BCUT2D eigenvalue weighted by molar-refractivity contribution is 14.1. The molecule has 92 valence electrons. The van der Waals surface area contributed by atoms with Crippen molar-refractivity contribution >= 4 is 34.8 Å². The highest BCUT2D eigenvalue weighted by Crippen LogP contribution is 2.32. The molecule has 8 heteroatoms. The highest BCUT2D eigenvalue weighted by Gasteiger charge is 2.33. The Morgan fingerprint density at radius 2 is 1.94 bits per heavy atom. The highest BCUT2D eigenvalue weighted by atomic mass is 127. The van der Waals surface area contributed by atoms with Gasteiger partial charge in [0.1, 0.15) is 0 Å². The van der Waals surface area contributed by atoms with Crippen LogP contribution in [0.1, 0.15) is 11.1 Å². The van der Waals surface area contributed by atoms with Gasteiger partial charge in [-0.15, -0.1) is 5.10 Å². The van der Waals surface area contributed by atoms with Gasteiger partial charge < -0.3 is 11.5 Å². The zero-order valence-electron chi connectivity index (χ0n) is 8.37. The van der Waals surface area contributed by atoms with E-state index in [2.05, 4.69) is 10.2 Å². The van der Waals surface area contributed by atoms with Gasteiger partial charge in [0, 0.05) is 9.13 Å². The van der Waals surface area contributed by atoms with E-state index in [1.54, 1.807) is 22.6 Å². The van der Waals surface area contributed by atoms with Crippen LogP contribution in [-0.4, -0.2) is 12.2 Å². The first-order valence-electron chi connectivity index (χ1n) is 4.30. The lowest BCUT2D eigenvalue weighted by molar-refractivity contribution is -0.137. The van der Waals surface area contributed by atoms with Gasteiger partial charge in [0.15, 0.2) is 0 Å². The molecule has 1 rings (SSSR count). The number of nitrogens with zero attached hydrogens (tertiary/aromatic N) is 2. The van der Waals surface area contributed by atoms with Crippen molar-refractivity contribution in [3.05, 3.63) is 32.9 Å². The molecule has 0 aliphatic carbocycles. The molecule has 0 saturated carbocycles. The number of halogens is 4. The van der Waals surface area contributed by atoms with Crippen LogP contribution in [0.15, 0.2) is 28.4 Å². The lowest BCUT2D eigenvalue weighted by atomic mass is 10.1. The molecule has 0 amide bonds. The fourth-order valence-electron chi connectivity index (χ4n) is 1.07. The Labute approximate surface area is 109 Å². The number of guanidine groups is 1. The molecule has 17 heavy (non-hydrogen) atoms. The monoisotopic (exact) mass is 356 g/mol. The van der Waals surface area contributed by atoms with Crippen molar-refractivity contribution in [3.63, 3.8) is 0 Å². The van der Waals surface area contributed by atoms with Crippen molar-refractivity contribution in [1.82, 2.24) is 0 Å². The molecule has 0 fully saturated rings. The summed E-state index contributed by atoms with van der Waals surface area (Å²) in [4.78, 5) is 0. The molecular formula is C9H8F3IN4. The fraction of sp³-hybridized carbons (Fsp3) is 0.111. The molecule has 4 N–H and O–H groups in total. The molecular weight excluding hydrogens is 348 g/mol. The van der Waals surface area contributed by atoms with Crippen LogP contribution in [0.5, 0.6) is 0 Å². The predicted octanol–water partition coefficient (Wildman–Crippen LogP) is 1.92. The predicted molar refractivity (Wildman–Crippen MR) is 67.6 cm³/mol. The van der Waals surface area contributed by atoms with E-state index in [9.17, 15) is 13.2 Å². The van der Waals surface area contributed by atoms with E-state index in [1.165, 1.54) is 12.1 Å². The number of nitrogens with two attached hydrogens (primary N) is 2. The van der Waals surface area contributed by atoms with Gasteiger partial charge in [-0.3, -0.25) is 0 Å². The summed E-state index contributed by atoms with van der Waals surface area (Å²) < 4.78 is 38.4. The Balaban J connectivity index is 3.22. The van der Waals surface area contributed by atoms with Crippen LogP contribution in [0.25, 0.3) is 0 Å². The Morgan fingerprint density at radius 3 is 2.47 bits per heavy atom. The Kier molecular flexibility index (Phi) is 4.32. The summed E-state index contributed by atoms with van der Waals surface area (Å²) in [6.45, 7) is 0. The van der Waals surface area contributed by atoms with Gasteiger partial charge in [0.25, 0.3) is 0 Å². The first kappa shape index (κ1) is 13.7. The number of hydrogen-bond donors (Lipinski definition) is 2. The first-order valence-corrected chi connectivity index (χ1v) is 5.38. The average molecular weight is 356 g/mol. The minimum absolute atomic E-state index is 0.0643. The van der Waals surface area contributed by atoms with E-state index in [1.807, 2.05) is 0 Å². The van der Waals surface area contributed by atoms with E-state index in [0.29, 0.717) is 3.57 Å². The first-order chi connectivity index (χ1) is 7.82. The molecule has 0 bridgehead atoms. The van der Waals surface area contributed by atoms with Crippen LogP contribution in [0.4, 0.5) is 13.2 Å². The molecule has 0 spiro atoms. The second kappa shape index (κ2) is 5.34. The summed E-state index contributed by atoms with van der Waals surface area (Å²) in [7, 11) is 0. The lowest BCUT2D eigenvalue weighted by Crippen LogP contribution is -2.21. The van der Waals surface area contributed by atoms with E-state index in [4.69, 9.17) is 11.5 Å². The number of hydrogen-bond acceptors (Lipinski definition) is 2. The largest absolute Gasteiger partial charge is 0.417 e. The second-order valence-corrected chi connectivity index (χ2v) is 4.13. The van der Waals surface area contributed by atoms with Gasteiger partial charge in [-0.25, -0.2) is 0 Å². The van der Waals surface area contributed by atoms with Crippen molar-refractivity contribution in [2.24, 2.45) is 21.7 Å². The van der Waals surface area contributed by atoms with Crippen molar-refractivity contribution in [2.75, 3.05) is 0 Å². The van der Waals surface area contributed by atoms with Crippen LogP contribution in [0.2, 0.25) is 0 Å². The minimum atomic E-state index is -4.44. The number of rotatable bonds is 2. The van der Waals surface area contributed by atoms with Crippen molar-refractivity contribution < 1.29 is 13.2 Å². The zero-order chi connectivity index (χ0) is 13.1. The second-order valence-electron chi connectivity index (χ2n) is 2.97. The molecule has 1 aromatic rings. The Morgan fingerprint density at radius 1 is 1.29 bits per heavy atom. The standard InChI is InChI=1S/C9H8F3IN4/c10-9(11,12)6-2-1-3-7(13)5(6)4-16-17-8(14)15/h1-4H,(H4,14,15,17). The summed E-state index contributed by atoms with van der Waals surface area (Å²) in [5.74, 6) is -0.319. The maximum atomic E-state index is 12.7. The molecule has 0 aromatic heterocycles. The molecule has 4 nitrogen and oxygen atoms in total. The van der Waals surface area contributed by atoms with Crippen LogP contribution in [0.3, 0.4) is 0 Å². The van der Waals surface area contributed by atoms with Crippen LogP contribution in [-0.2, 0) is 6.18 Å². The topological polar surface area (TPSA) is 76.8 Å². The van der Waals surface area contributed by atoms with Crippen LogP contribution in [0, 0.1) is 3.57 Å². The molecule has 0 aliphatic rings. The summed E-state index contributed by atoms with van der Waals surface area (Å²) >= 11 is 1.78. The third-order valence-electron chi connectivity index (χ3n) is 1.72. The average Bonchev–Trinajstić information content (AvgIpc) is 2.18. The molecule has 0 atom stereocenters. The summed E-state index contributed by atoms with van der Waals surface area (Å²) in [6, 6.07) is 3.83. The SMILES string of the molecule is NC(N)=NN=Cc1c(I)cccc1C(F)(F)F. The third kappa shape index (κ3) is 3.88. The number of alkyl halides is 3. The fourth-order valence-corrected chi connectivity index (χ4v) is 1.71. The van der Waals surface area contributed by atoms with E-state index in [-0.39, 0.29) is 11.5 Å². The van der Waals surface area contributed by atoms with E-state index < -0.39 is 11.7 Å².